The number of amides is 2. The SMILES string of the molecule is CCN1C=C2C(=C(O)N(C(=O)OC)C(=O)C2Cc2ccc(OC)cc2)N1. The highest BCUT2D eigenvalue weighted by Gasteiger charge is 2.44. The van der Waals surface area contributed by atoms with E-state index in [2.05, 4.69) is 10.2 Å². The van der Waals surface area contributed by atoms with Crippen LogP contribution in [0.1, 0.15) is 12.5 Å². The van der Waals surface area contributed by atoms with Crippen LogP contribution in [0.2, 0.25) is 0 Å². The maximum atomic E-state index is 12.9. The van der Waals surface area contributed by atoms with Crippen molar-refractivity contribution in [2.75, 3.05) is 20.8 Å². The third kappa shape index (κ3) is 2.94. The van der Waals surface area contributed by atoms with E-state index in [1.807, 2.05) is 31.2 Å². The number of aliphatic hydroxyl groups excluding tert-OH is 1. The molecule has 2 aliphatic heterocycles. The van der Waals surface area contributed by atoms with Gasteiger partial charge in [0.05, 0.1) is 20.1 Å². The Morgan fingerprint density at radius 1 is 1.27 bits per heavy atom. The molecular formula is C18H21N3O5. The third-order valence-electron chi connectivity index (χ3n) is 4.47. The summed E-state index contributed by atoms with van der Waals surface area (Å²) in [4.78, 5) is 25.6. The number of carbonyl (C=O) groups is 2. The molecule has 1 unspecified atom stereocenters. The second kappa shape index (κ2) is 6.99. The normalized spacial score (nSPS) is 19.1. The lowest BCUT2D eigenvalue weighted by Crippen LogP contribution is -2.46. The number of nitrogens with zero attached hydrogens (tertiary/aromatic N) is 2. The fraction of sp³-hybridized carbons (Fsp3) is 0.333. The Kier molecular flexibility index (Phi) is 4.75. The van der Waals surface area contributed by atoms with Gasteiger partial charge < -0.3 is 14.6 Å². The number of hydrogen-bond donors (Lipinski definition) is 2. The average molecular weight is 359 g/mol. The lowest BCUT2D eigenvalue weighted by atomic mass is 9.87. The van der Waals surface area contributed by atoms with Crippen molar-refractivity contribution < 1.29 is 24.2 Å². The highest BCUT2D eigenvalue weighted by atomic mass is 16.5. The van der Waals surface area contributed by atoms with Gasteiger partial charge in [-0.3, -0.25) is 15.2 Å². The number of aliphatic hydroxyl groups is 1. The van der Waals surface area contributed by atoms with Gasteiger partial charge in [0.15, 0.2) is 0 Å². The molecular weight excluding hydrogens is 338 g/mol. The van der Waals surface area contributed by atoms with Crippen molar-refractivity contribution in [3.05, 3.63) is 53.2 Å². The molecule has 2 aliphatic rings. The van der Waals surface area contributed by atoms with Crippen molar-refractivity contribution in [2.24, 2.45) is 5.92 Å². The summed E-state index contributed by atoms with van der Waals surface area (Å²) in [6, 6.07) is 7.36. The number of rotatable bonds is 4. The first-order valence-electron chi connectivity index (χ1n) is 8.23. The van der Waals surface area contributed by atoms with E-state index in [1.165, 1.54) is 0 Å². The molecule has 2 N–H and O–H groups in total. The standard InChI is InChI=1S/C18H21N3O5/c1-4-20-10-14-13(9-11-5-7-12(25-2)8-6-11)16(22)21(18(24)26-3)17(23)15(14)19-20/h5-8,10,13,19,23H,4,9H2,1-3H3. The van der Waals surface area contributed by atoms with Gasteiger partial charge in [0.1, 0.15) is 11.4 Å². The molecule has 2 amide bonds. The topological polar surface area (TPSA) is 91.3 Å². The van der Waals surface area contributed by atoms with Crippen molar-refractivity contribution in [1.82, 2.24) is 15.3 Å². The Morgan fingerprint density at radius 2 is 1.96 bits per heavy atom. The van der Waals surface area contributed by atoms with Crippen molar-refractivity contribution in [2.45, 2.75) is 13.3 Å². The van der Waals surface area contributed by atoms with E-state index in [1.54, 1.807) is 18.3 Å². The minimum absolute atomic E-state index is 0.343. The van der Waals surface area contributed by atoms with Crippen LogP contribution in [-0.4, -0.2) is 47.8 Å². The number of hydrazine groups is 1. The van der Waals surface area contributed by atoms with Crippen LogP contribution < -0.4 is 10.2 Å². The van der Waals surface area contributed by atoms with E-state index in [0.717, 1.165) is 18.4 Å². The molecule has 0 saturated carbocycles. The third-order valence-corrected chi connectivity index (χ3v) is 4.47. The maximum Gasteiger partial charge on any atom is 0.423 e. The summed E-state index contributed by atoms with van der Waals surface area (Å²) in [7, 11) is 2.75. The van der Waals surface area contributed by atoms with Gasteiger partial charge in [0.2, 0.25) is 11.8 Å². The molecule has 138 valence electrons. The van der Waals surface area contributed by atoms with Gasteiger partial charge in [-0.15, -0.1) is 0 Å². The van der Waals surface area contributed by atoms with E-state index in [0.29, 0.717) is 29.1 Å². The zero-order valence-corrected chi connectivity index (χ0v) is 14.9. The van der Waals surface area contributed by atoms with E-state index >= 15 is 0 Å². The summed E-state index contributed by atoms with van der Waals surface area (Å²) in [6.45, 7) is 2.55. The van der Waals surface area contributed by atoms with Crippen molar-refractivity contribution in [3.63, 3.8) is 0 Å². The smallest absolute Gasteiger partial charge is 0.423 e. The molecule has 0 aromatic heterocycles. The summed E-state index contributed by atoms with van der Waals surface area (Å²) >= 11 is 0. The minimum atomic E-state index is -0.921. The van der Waals surface area contributed by atoms with Crippen molar-refractivity contribution in [1.29, 1.82) is 0 Å². The molecule has 3 rings (SSSR count). The average Bonchev–Trinajstić information content (AvgIpc) is 3.10. The molecule has 8 heteroatoms. The Bertz CT molecular complexity index is 785. The predicted octanol–water partition coefficient (Wildman–Crippen LogP) is 1.91. The summed E-state index contributed by atoms with van der Waals surface area (Å²) in [5.41, 5.74) is 4.90. The summed E-state index contributed by atoms with van der Waals surface area (Å²) in [5, 5.41) is 12.2. The first-order chi connectivity index (χ1) is 12.5. The van der Waals surface area contributed by atoms with Crippen molar-refractivity contribution in [3.8, 4) is 5.75 Å². The molecule has 8 nitrogen and oxygen atoms in total. The Hall–Kier alpha value is -3.16. The van der Waals surface area contributed by atoms with Gasteiger partial charge in [-0.1, -0.05) is 12.1 Å². The lowest BCUT2D eigenvalue weighted by Gasteiger charge is -2.30. The van der Waals surface area contributed by atoms with Gasteiger partial charge >= 0.3 is 6.09 Å². The number of carbonyl (C=O) groups excluding carboxylic acids is 2. The van der Waals surface area contributed by atoms with E-state index in [-0.39, 0.29) is 0 Å². The number of ether oxygens (including phenoxy) is 2. The van der Waals surface area contributed by atoms with E-state index in [4.69, 9.17) is 4.74 Å². The molecule has 0 bridgehead atoms. The second-order valence-corrected chi connectivity index (χ2v) is 5.93. The number of fused-ring (bicyclic) bond motifs is 1. The molecule has 0 fully saturated rings. The van der Waals surface area contributed by atoms with Crippen LogP contribution in [0.25, 0.3) is 0 Å². The molecule has 1 atom stereocenters. The Labute approximate surface area is 151 Å². The Morgan fingerprint density at radius 3 is 2.54 bits per heavy atom. The largest absolute Gasteiger partial charge is 0.497 e. The monoisotopic (exact) mass is 359 g/mol. The fourth-order valence-corrected chi connectivity index (χ4v) is 3.05. The minimum Gasteiger partial charge on any atom is -0.497 e. The van der Waals surface area contributed by atoms with Crippen LogP contribution in [0.3, 0.4) is 0 Å². The van der Waals surface area contributed by atoms with Crippen molar-refractivity contribution >= 4 is 12.0 Å². The van der Waals surface area contributed by atoms with Crippen LogP contribution in [0.5, 0.6) is 5.75 Å². The molecule has 26 heavy (non-hydrogen) atoms. The van der Waals surface area contributed by atoms with Crippen LogP contribution in [-0.2, 0) is 16.0 Å². The highest BCUT2D eigenvalue weighted by molar-refractivity contribution is 5.98. The molecule has 0 aliphatic carbocycles. The van der Waals surface area contributed by atoms with Gasteiger partial charge in [0, 0.05) is 18.3 Å². The van der Waals surface area contributed by atoms with Crippen LogP contribution >= 0.6 is 0 Å². The molecule has 0 radical (unpaired) electrons. The molecule has 1 aromatic carbocycles. The predicted molar refractivity (Wildman–Crippen MR) is 92.7 cm³/mol. The number of methoxy groups -OCH3 is 2. The first-order valence-corrected chi connectivity index (χ1v) is 8.23. The van der Waals surface area contributed by atoms with E-state index in [9.17, 15) is 14.7 Å². The summed E-state index contributed by atoms with van der Waals surface area (Å²) in [5.74, 6) is -0.885. The Balaban J connectivity index is 1.98. The summed E-state index contributed by atoms with van der Waals surface area (Å²) < 4.78 is 9.81. The van der Waals surface area contributed by atoms with E-state index < -0.39 is 23.8 Å². The van der Waals surface area contributed by atoms with Gasteiger partial charge in [-0.25, -0.2) is 4.79 Å². The molecule has 1 aromatic rings. The summed E-state index contributed by atoms with van der Waals surface area (Å²) in [6.07, 6.45) is 1.24. The molecule has 0 spiro atoms. The second-order valence-electron chi connectivity index (χ2n) is 5.93. The fourth-order valence-electron chi connectivity index (χ4n) is 3.05. The number of nitrogens with one attached hydrogen (secondary N) is 1. The number of benzene rings is 1. The molecule has 2 heterocycles. The number of hydrogen-bond acceptors (Lipinski definition) is 7. The van der Waals surface area contributed by atoms with Crippen LogP contribution in [0.15, 0.2) is 47.6 Å². The van der Waals surface area contributed by atoms with Crippen LogP contribution in [0.4, 0.5) is 4.79 Å². The maximum absolute atomic E-state index is 12.9. The number of allylic oxidation sites excluding steroid dienone is 1. The first kappa shape index (κ1) is 17.7. The van der Waals surface area contributed by atoms with Gasteiger partial charge in [-0.2, -0.15) is 4.90 Å². The highest BCUT2D eigenvalue weighted by Crippen LogP contribution is 2.36. The zero-order valence-electron chi connectivity index (χ0n) is 14.9. The zero-order chi connectivity index (χ0) is 18.8. The van der Waals surface area contributed by atoms with Gasteiger partial charge in [0.25, 0.3) is 0 Å². The quantitative estimate of drug-likeness (QED) is 0.848. The number of imide groups is 1. The van der Waals surface area contributed by atoms with Crippen LogP contribution in [0, 0.1) is 5.92 Å². The molecule has 0 saturated heterocycles. The van der Waals surface area contributed by atoms with Gasteiger partial charge in [-0.05, 0) is 31.0 Å². The lowest BCUT2D eigenvalue weighted by molar-refractivity contribution is -0.133.